The third-order valence-corrected chi connectivity index (χ3v) is 8.88. The number of hydrogen-bond acceptors (Lipinski definition) is 8. The average Bonchev–Trinajstić information content (AvgIpc) is 3.52. The van der Waals surface area contributed by atoms with Crippen LogP contribution in [0.15, 0.2) is 72.1 Å². The predicted octanol–water partition coefficient (Wildman–Crippen LogP) is 4.72. The van der Waals surface area contributed by atoms with Crippen LogP contribution in [0.25, 0.3) is 0 Å². The lowest BCUT2D eigenvalue weighted by Gasteiger charge is -2.25. The molecule has 4 aromatic rings. The zero-order valence-electron chi connectivity index (χ0n) is 22.9. The summed E-state index contributed by atoms with van der Waals surface area (Å²) in [7, 11) is 0.0174. The molecule has 2 unspecified atom stereocenters. The van der Waals surface area contributed by atoms with Gasteiger partial charge in [-0.3, -0.25) is 4.68 Å². The number of aryl methyl sites for hydroxylation is 1. The van der Waals surface area contributed by atoms with Crippen LogP contribution >= 0.6 is 0 Å². The van der Waals surface area contributed by atoms with Gasteiger partial charge in [-0.05, 0) is 30.3 Å². The molecule has 0 amide bonds. The minimum absolute atomic E-state index is 0.00481. The van der Waals surface area contributed by atoms with Crippen LogP contribution in [0, 0.1) is 5.82 Å². The minimum atomic E-state index is -4.54. The van der Waals surface area contributed by atoms with Gasteiger partial charge < -0.3 is 14.2 Å². The molecule has 222 valence electrons. The van der Waals surface area contributed by atoms with Gasteiger partial charge in [0.15, 0.2) is 0 Å². The normalized spacial score (nSPS) is 18.0. The molecule has 0 spiro atoms. The fourth-order valence-electron chi connectivity index (χ4n) is 5.05. The number of nitrogens with zero attached hydrogens (tertiary/aromatic N) is 5. The smallest absolute Gasteiger partial charge is 0.268 e. The summed E-state index contributed by atoms with van der Waals surface area (Å²) in [6.07, 6.45) is 2.04. The molecule has 1 aliphatic carbocycles. The number of hydrogen-bond donors (Lipinski definition) is 0. The Balaban J connectivity index is 1.46. The molecule has 0 radical (unpaired) electrons. The van der Waals surface area contributed by atoms with Crippen LogP contribution in [0.2, 0.25) is 0 Å². The standard InChI is InChI=1S/C28H28F3N5O5S/c1-35-23(8-11-34-35)21-14-28(30,31)15-25(21)41-20-6-7-26(22(29)12-20)42(37,38)36(27-9-10-32-17-33-27)16-18-4-5-19(39-2)13-24(18)40-3/h4-13,17,21,25H,14-16H2,1-3H3. The zero-order valence-corrected chi connectivity index (χ0v) is 23.8. The molecule has 0 bridgehead atoms. The molecule has 1 saturated carbocycles. The minimum Gasteiger partial charge on any atom is -0.497 e. The third kappa shape index (κ3) is 5.84. The topological polar surface area (TPSA) is 109 Å². The van der Waals surface area contributed by atoms with Crippen LogP contribution in [0.5, 0.6) is 17.2 Å². The van der Waals surface area contributed by atoms with E-state index in [1.165, 1.54) is 49.8 Å². The summed E-state index contributed by atoms with van der Waals surface area (Å²) >= 11 is 0. The summed E-state index contributed by atoms with van der Waals surface area (Å²) in [5.74, 6) is -4.02. The lowest BCUT2D eigenvalue weighted by atomic mass is 10.0. The average molecular weight is 604 g/mol. The number of sulfonamides is 1. The van der Waals surface area contributed by atoms with E-state index in [2.05, 4.69) is 15.1 Å². The van der Waals surface area contributed by atoms with Crippen molar-refractivity contribution in [2.24, 2.45) is 7.05 Å². The summed E-state index contributed by atoms with van der Waals surface area (Å²) in [4.78, 5) is 7.26. The van der Waals surface area contributed by atoms with E-state index in [4.69, 9.17) is 14.2 Å². The van der Waals surface area contributed by atoms with E-state index in [0.29, 0.717) is 22.8 Å². The van der Waals surface area contributed by atoms with E-state index in [9.17, 15) is 17.2 Å². The highest BCUT2D eigenvalue weighted by molar-refractivity contribution is 7.92. The monoisotopic (exact) mass is 603 g/mol. The predicted molar refractivity (Wildman–Crippen MR) is 146 cm³/mol. The van der Waals surface area contributed by atoms with Crippen LogP contribution < -0.4 is 18.5 Å². The number of halogens is 3. The molecular formula is C28H28F3N5O5S. The second-order valence-electron chi connectivity index (χ2n) is 9.76. The first-order valence-corrected chi connectivity index (χ1v) is 14.3. The zero-order chi connectivity index (χ0) is 30.1. The lowest BCUT2D eigenvalue weighted by molar-refractivity contribution is -0.00138. The lowest BCUT2D eigenvalue weighted by Crippen LogP contribution is -2.32. The first kappa shape index (κ1) is 29.2. The Kier molecular flexibility index (Phi) is 7.99. The van der Waals surface area contributed by atoms with Crippen molar-refractivity contribution >= 4 is 15.8 Å². The van der Waals surface area contributed by atoms with Gasteiger partial charge in [0.25, 0.3) is 15.9 Å². The first-order valence-electron chi connectivity index (χ1n) is 12.8. The number of anilines is 1. The number of rotatable bonds is 10. The van der Waals surface area contributed by atoms with Gasteiger partial charge in [0.05, 0.1) is 20.8 Å². The summed E-state index contributed by atoms with van der Waals surface area (Å²) < 4.78 is 91.0. The fraction of sp³-hybridized carbons (Fsp3) is 0.321. The van der Waals surface area contributed by atoms with Crippen molar-refractivity contribution in [1.82, 2.24) is 19.7 Å². The van der Waals surface area contributed by atoms with Gasteiger partial charge in [0.2, 0.25) is 0 Å². The van der Waals surface area contributed by atoms with E-state index in [1.807, 2.05) is 0 Å². The highest BCUT2D eigenvalue weighted by Crippen LogP contribution is 2.46. The van der Waals surface area contributed by atoms with Crippen LogP contribution in [0.4, 0.5) is 19.0 Å². The van der Waals surface area contributed by atoms with Crippen molar-refractivity contribution in [3.63, 3.8) is 0 Å². The van der Waals surface area contributed by atoms with Gasteiger partial charge in [0.1, 0.15) is 46.2 Å². The summed E-state index contributed by atoms with van der Waals surface area (Å²) in [5.41, 5.74) is 1.02. The largest absolute Gasteiger partial charge is 0.497 e. The Morgan fingerprint density at radius 2 is 1.81 bits per heavy atom. The van der Waals surface area contributed by atoms with Gasteiger partial charge in [-0.1, -0.05) is 0 Å². The molecule has 0 aliphatic heterocycles. The fourth-order valence-corrected chi connectivity index (χ4v) is 6.50. The number of aromatic nitrogens is 4. The van der Waals surface area contributed by atoms with Gasteiger partial charge in [-0.15, -0.1) is 0 Å². The second kappa shape index (κ2) is 11.5. The Morgan fingerprint density at radius 3 is 2.45 bits per heavy atom. The summed E-state index contributed by atoms with van der Waals surface area (Å²) in [6.45, 7) is -0.256. The Morgan fingerprint density at radius 1 is 1.02 bits per heavy atom. The van der Waals surface area contributed by atoms with E-state index in [-0.39, 0.29) is 18.1 Å². The van der Waals surface area contributed by atoms with Crippen molar-refractivity contribution in [1.29, 1.82) is 0 Å². The molecular weight excluding hydrogens is 575 g/mol. The SMILES string of the molecule is COc1ccc(CN(c2ccncn2)S(=O)(=O)c2ccc(OC3CC(F)(F)CC3c3ccnn3C)cc2F)c(OC)c1. The van der Waals surface area contributed by atoms with Crippen LogP contribution in [0.3, 0.4) is 0 Å². The Labute approximate surface area is 240 Å². The van der Waals surface area contributed by atoms with Gasteiger partial charge in [-0.25, -0.2) is 35.9 Å². The Bertz CT molecular complexity index is 1670. The molecule has 2 aromatic carbocycles. The molecule has 2 aromatic heterocycles. The van der Waals surface area contributed by atoms with Crippen LogP contribution in [0.1, 0.15) is 30.0 Å². The number of benzene rings is 2. The van der Waals surface area contributed by atoms with E-state index in [1.54, 1.807) is 31.3 Å². The molecule has 0 N–H and O–H groups in total. The third-order valence-electron chi connectivity index (χ3n) is 7.09. The molecule has 10 nitrogen and oxygen atoms in total. The molecule has 5 rings (SSSR count). The number of alkyl halides is 2. The maximum Gasteiger partial charge on any atom is 0.268 e. The highest BCUT2D eigenvalue weighted by atomic mass is 32.2. The quantitative estimate of drug-likeness (QED) is 0.256. The summed E-state index contributed by atoms with van der Waals surface area (Å²) in [5, 5.41) is 4.06. The van der Waals surface area contributed by atoms with Crippen molar-refractivity contribution in [3.8, 4) is 17.2 Å². The van der Waals surface area contributed by atoms with E-state index >= 15 is 4.39 Å². The van der Waals surface area contributed by atoms with Crippen molar-refractivity contribution in [2.45, 2.75) is 42.2 Å². The molecule has 1 fully saturated rings. The molecule has 1 aliphatic rings. The van der Waals surface area contributed by atoms with E-state index in [0.717, 1.165) is 16.4 Å². The maximum atomic E-state index is 15.5. The van der Waals surface area contributed by atoms with Crippen molar-refractivity contribution in [2.75, 3.05) is 18.5 Å². The molecule has 2 atom stereocenters. The van der Waals surface area contributed by atoms with Crippen LogP contribution in [-0.2, 0) is 23.6 Å². The highest BCUT2D eigenvalue weighted by Gasteiger charge is 2.49. The maximum absolute atomic E-state index is 15.5. The molecule has 14 heteroatoms. The van der Waals surface area contributed by atoms with E-state index < -0.39 is 51.5 Å². The Hall–Kier alpha value is -4.33. The molecule has 2 heterocycles. The van der Waals surface area contributed by atoms with Crippen LogP contribution in [-0.4, -0.2) is 54.4 Å². The second-order valence-corrected chi connectivity index (χ2v) is 11.6. The van der Waals surface area contributed by atoms with Gasteiger partial charge in [0, 0.05) is 67.7 Å². The van der Waals surface area contributed by atoms with Gasteiger partial charge in [-0.2, -0.15) is 5.10 Å². The molecule has 42 heavy (non-hydrogen) atoms. The number of methoxy groups -OCH3 is 2. The van der Waals surface area contributed by atoms with Gasteiger partial charge >= 0.3 is 0 Å². The van der Waals surface area contributed by atoms with Crippen molar-refractivity contribution < 1.29 is 35.8 Å². The first-order chi connectivity index (χ1) is 20.0. The molecule has 0 saturated heterocycles. The van der Waals surface area contributed by atoms with Crippen molar-refractivity contribution in [3.05, 3.63) is 84.3 Å². The number of ether oxygens (including phenoxy) is 3. The summed E-state index contributed by atoms with van der Waals surface area (Å²) in [6, 6.07) is 11.1.